The standard InChI is InChI=1S/C15H30O4Si/c1-12(17)9-10-15(5,18-11-16)13(14(2,3)4)19-20(6,7)8/h11,13H,9-10H2,1-8H3/t13-,15+/m1/s1. The summed E-state index contributed by atoms with van der Waals surface area (Å²) in [4.78, 5) is 22.2. The second-order valence-electron chi connectivity index (χ2n) is 7.71. The smallest absolute Gasteiger partial charge is 0.293 e. The van der Waals surface area contributed by atoms with Crippen LogP contribution in [0.2, 0.25) is 19.6 Å². The van der Waals surface area contributed by atoms with Gasteiger partial charge in [0.05, 0.1) is 6.10 Å². The SMILES string of the molecule is CC(=O)CC[C@](C)(OC=O)[C@H](O[Si](C)(C)C)C(C)(C)C. The molecule has 0 rings (SSSR count). The van der Waals surface area contributed by atoms with Gasteiger partial charge in [0.2, 0.25) is 0 Å². The molecule has 0 aromatic heterocycles. The van der Waals surface area contributed by atoms with Crippen molar-refractivity contribution in [1.82, 2.24) is 0 Å². The highest BCUT2D eigenvalue weighted by atomic mass is 28.4. The van der Waals surface area contributed by atoms with Crippen molar-refractivity contribution >= 4 is 20.6 Å². The third kappa shape index (κ3) is 6.66. The highest BCUT2D eigenvalue weighted by molar-refractivity contribution is 6.69. The Morgan fingerprint density at radius 2 is 1.70 bits per heavy atom. The average molecular weight is 302 g/mol. The lowest BCUT2D eigenvalue weighted by molar-refractivity contribution is -0.165. The van der Waals surface area contributed by atoms with E-state index in [1.165, 1.54) is 0 Å². The fourth-order valence-corrected chi connectivity index (χ4v) is 3.67. The summed E-state index contributed by atoms with van der Waals surface area (Å²) in [6, 6.07) is 0. The molecule has 0 radical (unpaired) electrons. The Kier molecular flexibility index (Phi) is 6.62. The van der Waals surface area contributed by atoms with Crippen LogP contribution in [0.25, 0.3) is 0 Å². The van der Waals surface area contributed by atoms with Crippen LogP contribution in [-0.4, -0.2) is 32.3 Å². The van der Waals surface area contributed by atoms with Gasteiger partial charge in [-0.25, -0.2) is 0 Å². The molecule has 0 aromatic carbocycles. The van der Waals surface area contributed by atoms with E-state index in [9.17, 15) is 9.59 Å². The Balaban J connectivity index is 5.40. The Morgan fingerprint density at radius 3 is 2.00 bits per heavy atom. The fraction of sp³-hybridized carbons (Fsp3) is 0.867. The van der Waals surface area contributed by atoms with Gasteiger partial charge in [-0.3, -0.25) is 4.79 Å². The Labute approximate surface area is 124 Å². The summed E-state index contributed by atoms with van der Waals surface area (Å²) < 4.78 is 11.7. The Bertz CT molecular complexity index is 341. The van der Waals surface area contributed by atoms with Gasteiger partial charge in [0.25, 0.3) is 6.47 Å². The molecule has 2 atom stereocenters. The summed E-state index contributed by atoms with van der Waals surface area (Å²) in [6.45, 7) is 16.4. The second-order valence-corrected chi connectivity index (χ2v) is 12.2. The molecule has 0 heterocycles. The molecule has 118 valence electrons. The van der Waals surface area contributed by atoms with Crippen LogP contribution in [0.15, 0.2) is 0 Å². The molecule has 20 heavy (non-hydrogen) atoms. The molecule has 0 saturated heterocycles. The van der Waals surface area contributed by atoms with E-state index in [4.69, 9.17) is 9.16 Å². The minimum Gasteiger partial charge on any atom is -0.459 e. The Morgan fingerprint density at radius 1 is 1.20 bits per heavy atom. The summed E-state index contributed by atoms with van der Waals surface area (Å²) >= 11 is 0. The van der Waals surface area contributed by atoms with Crippen LogP contribution in [-0.2, 0) is 18.8 Å². The minimum atomic E-state index is -1.81. The number of carbonyl (C=O) groups is 2. The number of Topliss-reactive ketones (excluding diaryl/α,β-unsaturated/α-hetero) is 1. The highest BCUT2D eigenvalue weighted by Gasteiger charge is 2.46. The van der Waals surface area contributed by atoms with E-state index < -0.39 is 13.9 Å². The van der Waals surface area contributed by atoms with E-state index in [1.807, 2.05) is 6.92 Å². The van der Waals surface area contributed by atoms with E-state index >= 15 is 0 Å². The van der Waals surface area contributed by atoms with Gasteiger partial charge >= 0.3 is 0 Å². The molecule has 0 saturated carbocycles. The number of ketones is 1. The van der Waals surface area contributed by atoms with Crippen molar-refractivity contribution in [2.24, 2.45) is 5.41 Å². The monoisotopic (exact) mass is 302 g/mol. The van der Waals surface area contributed by atoms with Crippen molar-refractivity contribution in [3.8, 4) is 0 Å². The van der Waals surface area contributed by atoms with Crippen LogP contribution in [0.4, 0.5) is 0 Å². The normalized spacial score (nSPS) is 17.2. The third-order valence-electron chi connectivity index (χ3n) is 3.10. The quantitative estimate of drug-likeness (QED) is 0.508. The van der Waals surface area contributed by atoms with Gasteiger partial charge in [0.15, 0.2) is 8.32 Å². The summed E-state index contributed by atoms with van der Waals surface area (Å²) in [6.07, 6.45) is 0.616. The molecule has 0 N–H and O–H groups in total. The maximum atomic E-state index is 11.3. The largest absolute Gasteiger partial charge is 0.459 e. The van der Waals surface area contributed by atoms with E-state index in [-0.39, 0.29) is 17.3 Å². The van der Waals surface area contributed by atoms with Crippen molar-refractivity contribution in [1.29, 1.82) is 0 Å². The van der Waals surface area contributed by atoms with Crippen LogP contribution in [0.5, 0.6) is 0 Å². The van der Waals surface area contributed by atoms with Crippen LogP contribution in [0.1, 0.15) is 47.5 Å². The van der Waals surface area contributed by atoms with Gasteiger partial charge in [0.1, 0.15) is 11.4 Å². The third-order valence-corrected chi connectivity index (χ3v) is 4.05. The van der Waals surface area contributed by atoms with E-state index in [0.717, 1.165) is 0 Å². The molecule has 0 aliphatic rings. The number of hydrogen-bond donors (Lipinski definition) is 0. The van der Waals surface area contributed by atoms with E-state index in [2.05, 4.69) is 40.4 Å². The van der Waals surface area contributed by atoms with Gasteiger partial charge < -0.3 is 14.0 Å². The highest BCUT2D eigenvalue weighted by Crippen LogP contribution is 2.37. The molecular formula is C15H30O4Si. The topological polar surface area (TPSA) is 52.6 Å². The predicted molar refractivity (Wildman–Crippen MR) is 83.1 cm³/mol. The zero-order valence-corrected chi connectivity index (χ0v) is 15.2. The lowest BCUT2D eigenvalue weighted by Gasteiger charge is -2.46. The number of rotatable bonds is 8. The first-order valence-corrected chi connectivity index (χ1v) is 10.5. The molecule has 5 heteroatoms. The summed E-state index contributed by atoms with van der Waals surface area (Å²) in [5, 5.41) is 0. The number of ether oxygens (including phenoxy) is 1. The lowest BCUT2D eigenvalue weighted by atomic mass is 9.77. The molecule has 0 bridgehead atoms. The van der Waals surface area contributed by atoms with Gasteiger partial charge in [-0.15, -0.1) is 0 Å². The molecule has 0 aliphatic heterocycles. The summed E-state index contributed by atoms with van der Waals surface area (Å²) in [5.41, 5.74) is -0.971. The average Bonchev–Trinajstić information content (AvgIpc) is 2.21. The summed E-state index contributed by atoms with van der Waals surface area (Å²) in [5.74, 6) is 0.0892. The van der Waals surface area contributed by atoms with Crippen molar-refractivity contribution in [2.45, 2.75) is 78.8 Å². The molecule has 0 unspecified atom stereocenters. The van der Waals surface area contributed by atoms with Gasteiger partial charge in [0, 0.05) is 6.42 Å². The zero-order valence-electron chi connectivity index (χ0n) is 14.2. The maximum absolute atomic E-state index is 11.3. The summed E-state index contributed by atoms with van der Waals surface area (Å²) in [7, 11) is -1.81. The van der Waals surface area contributed by atoms with Crippen molar-refractivity contribution in [3.05, 3.63) is 0 Å². The molecule has 0 aromatic rings. The van der Waals surface area contributed by atoms with Gasteiger partial charge in [-0.1, -0.05) is 20.8 Å². The van der Waals surface area contributed by atoms with Crippen LogP contribution in [0, 0.1) is 5.41 Å². The van der Waals surface area contributed by atoms with Gasteiger partial charge in [-0.2, -0.15) is 0 Å². The van der Waals surface area contributed by atoms with Gasteiger partial charge in [-0.05, 0) is 45.3 Å². The predicted octanol–water partition coefficient (Wildman–Crippen LogP) is 3.55. The Hall–Kier alpha value is -0.683. The van der Waals surface area contributed by atoms with Crippen molar-refractivity contribution in [3.63, 3.8) is 0 Å². The van der Waals surface area contributed by atoms with Crippen LogP contribution in [0.3, 0.4) is 0 Å². The fourth-order valence-electron chi connectivity index (χ4n) is 2.36. The lowest BCUT2D eigenvalue weighted by Crippen LogP contribution is -2.54. The van der Waals surface area contributed by atoms with Crippen molar-refractivity contribution in [2.75, 3.05) is 0 Å². The zero-order chi connectivity index (χ0) is 16.2. The molecule has 0 aliphatic carbocycles. The molecule has 4 nitrogen and oxygen atoms in total. The molecule has 0 fully saturated rings. The molecule has 0 amide bonds. The molecular weight excluding hydrogens is 272 g/mol. The molecule has 0 spiro atoms. The number of hydrogen-bond acceptors (Lipinski definition) is 4. The maximum Gasteiger partial charge on any atom is 0.293 e. The number of carbonyl (C=O) groups excluding carboxylic acids is 2. The minimum absolute atomic E-state index is 0.0892. The second kappa shape index (κ2) is 6.85. The van der Waals surface area contributed by atoms with Crippen LogP contribution >= 0.6 is 0 Å². The first kappa shape index (κ1) is 19.3. The van der Waals surface area contributed by atoms with Crippen LogP contribution < -0.4 is 0 Å². The van der Waals surface area contributed by atoms with E-state index in [1.54, 1.807) is 6.92 Å². The van der Waals surface area contributed by atoms with Crippen molar-refractivity contribution < 1.29 is 18.8 Å². The first-order chi connectivity index (χ1) is 8.82. The van der Waals surface area contributed by atoms with E-state index in [0.29, 0.717) is 19.3 Å². The first-order valence-electron chi connectivity index (χ1n) is 7.10.